The van der Waals surface area contributed by atoms with E-state index in [4.69, 9.17) is 9.26 Å². The second-order valence-corrected chi connectivity index (χ2v) is 6.00. The minimum atomic E-state index is -0.122. The minimum absolute atomic E-state index is 0.122. The molecule has 0 bridgehead atoms. The lowest BCUT2D eigenvalue weighted by molar-refractivity contribution is 0.0769. The van der Waals surface area contributed by atoms with Crippen LogP contribution in [0.4, 0.5) is 0 Å². The van der Waals surface area contributed by atoms with Crippen molar-refractivity contribution in [2.24, 2.45) is 0 Å². The van der Waals surface area contributed by atoms with Crippen molar-refractivity contribution in [3.8, 4) is 17.1 Å². The fourth-order valence-corrected chi connectivity index (χ4v) is 2.58. The van der Waals surface area contributed by atoms with E-state index in [1.807, 2.05) is 38.1 Å². The number of ether oxygens (including phenoxy) is 1. The summed E-state index contributed by atoms with van der Waals surface area (Å²) in [6.07, 6.45) is 0. The lowest BCUT2D eigenvalue weighted by Gasteiger charge is -2.15. The van der Waals surface area contributed by atoms with Gasteiger partial charge in [-0.1, -0.05) is 28.9 Å². The number of nitrogens with zero attached hydrogens (tertiary/aromatic N) is 3. The molecule has 1 aromatic heterocycles. The topological polar surface area (TPSA) is 68.5 Å². The maximum absolute atomic E-state index is 12.5. The fraction of sp³-hybridized carbons (Fsp3) is 0.250. The molecule has 6 nitrogen and oxygen atoms in total. The third-order valence-electron chi connectivity index (χ3n) is 3.88. The van der Waals surface area contributed by atoms with Crippen LogP contribution in [0, 0.1) is 6.92 Å². The molecule has 3 rings (SSSR count). The zero-order chi connectivity index (χ0) is 18.5. The zero-order valence-corrected chi connectivity index (χ0v) is 15.1. The fourth-order valence-electron chi connectivity index (χ4n) is 2.58. The Labute approximate surface area is 152 Å². The smallest absolute Gasteiger partial charge is 0.254 e. The molecule has 0 unspecified atom stereocenters. The van der Waals surface area contributed by atoms with Crippen LogP contribution in [0.2, 0.25) is 0 Å². The summed E-state index contributed by atoms with van der Waals surface area (Å²) in [5.41, 5.74) is 2.59. The van der Waals surface area contributed by atoms with Crippen LogP contribution >= 0.6 is 0 Å². The molecule has 0 aliphatic carbocycles. The number of rotatable bonds is 6. The number of hydrogen-bond donors (Lipinski definition) is 0. The van der Waals surface area contributed by atoms with Crippen LogP contribution in [-0.2, 0) is 6.54 Å². The SMILES string of the molecule is CCOc1ccc(C(=O)N(C)Cc2nc(-c3cccc(C)c3)no2)cc1. The van der Waals surface area contributed by atoms with Gasteiger partial charge in [0, 0.05) is 18.2 Å². The number of benzene rings is 2. The molecular formula is C20H21N3O3. The Hall–Kier alpha value is -3.15. The summed E-state index contributed by atoms with van der Waals surface area (Å²) < 4.78 is 10.7. The summed E-state index contributed by atoms with van der Waals surface area (Å²) >= 11 is 0. The molecule has 0 aliphatic heterocycles. The Balaban J connectivity index is 1.67. The van der Waals surface area contributed by atoms with Crippen molar-refractivity contribution in [3.63, 3.8) is 0 Å². The Morgan fingerprint density at radius 3 is 2.65 bits per heavy atom. The van der Waals surface area contributed by atoms with E-state index < -0.39 is 0 Å². The lowest BCUT2D eigenvalue weighted by Crippen LogP contribution is -2.26. The second kappa shape index (κ2) is 7.82. The molecule has 0 fully saturated rings. The predicted molar refractivity (Wildman–Crippen MR) is 97.9 cm³/mol. The molecule has 0 saturated heterocycles. The highest BCUT2D eigenvalue weighted by molar-refractivity contribution is 5.94. The van der Waals surface area contributed by atoms with Gasteiger partial charge in [0.2, 0.25) is 11.7 Å². The average Bonchev–Trinajstić information content (AvgIpc) is 3.10. The lowest BCUT2D eigenvalue weighted by atomic mass is 10.1. The maximum atomic E-state index is 12.5. The van der Waals surface area contributed by atoms with Gasteiger partial charge in [-0.05, 0) is 44.2 Å². The van der Waals surface area contributed by atoms with E-state index in [-0.39, 0.29) is 12.5 Å². The Morgan fingerprint density at radius 2 is 1.96 bits per heavy atom. The van der Waals surface area contributed by atoms with E-state index in [2.05, 4.69) is 10.1 Å². The highest BCUT2D eigenvalue weighted by atomic mass is 16.5. The van der Waals surface area contributed by atoms with Crippen molar-refractivity contribution in [2.75, 3.05) is 13.7 Å². The highest BCUT2D eigenvalue weighted by Crippen LogP contribution is 2.18. The van der Waals surface area contributed by atoms with E-state index in [0.717, 1.165) is 16.9 Å². The summed E-state index contributed by atoms with van der Waals surface area (Å²) in [4.78, 5) is 18.5. The molecule has 0 spiro atoms. The molecule has 0 saturated carbocycles. The van der Waals surface area contributed by atoms with Gasteiger partial charge in [-0.3, -0.25) is 4.79 Å². The summed E-state index contributed by atoms with van der Waals surface area (Å²) in [6, 6.07) is 14.9. The van der Waals surface area contributed by atoms with Crippen LogP contribution in [0.25, 0.3) is 11.4 Å². The Kier molecular flexibility index (Phi) is 5.31. The summed E-state index contributed by atoms with van der Waals surface area (Å²) in [7, 11) is 1.70. The Morgan fingerprint density at radius 1 is 1.19 bits per heavy atom. The van der Waals surface area contributed by atoms with Crippen molar-refractivity contribution in [1.29, 1.82) is 0 Å². The van der Waals surface area contributed by atoms with Crippen LogP contribution < -0.4 is 4.74 Å². The molecule has 6 heteroatoms. The number of aromatic nitrogens is 2. The average molecular weight is 351 g/mol. The van der Waals surface area contributed by atoms with Gasteiger partial charge < -0.3 is 14.2 Å². The highest BCUT2D eigenvalue weighted by Gasteiger charge is 2.16. The van der Waals surface area contributed by atoms with E-state index in [0.29, 0.717) is 23.9 Å². The third-order valence-corrected chi connectivity index (χ3v) is 3.88. The zero-order valence-electron chi connectivity index (χ0n) is 15.1. The first-order valence-corrected chi connectivity index (χ1v) is 8.44. The standard InChI is InChI=1S/C20H21N3O3/c1-4-25-17-10-8-15(9-11-17)20(24)23(3)13-18-21-19(22-26-18)16-7-5-6-14(2)12-16/h5-12H,4,13H2,1-3H3. The van der Waals surface area contributed by atoms with Crippen LogP contribution in [0.3, 0.4) is 0 Å². The molecule has 0 N–H and O–H groups in total. The third kappa shape index (κ3) is 4.08. The molecule has 1 amide bonds. The first kappa shape index (κ1) is 17.7. The molecule has 2 aromatic carbocycles. The number of hydrogen-bond acceptors (Lipinski definition) is 5. The largest absolute Gasteiger partial charge is 0.494 e. The van der Waals surface area contributed by atoms with Gasteiger partial charge in [0.15, 0.2) is 0 Å². The van der Waals surface area contributed by atoms with Crippen LogP contribution in [-0.4, -0.2) is 34.6 Å². The van der Waals surface area contributed by atoms with Gasteiger partial charge in [0.1, 0.15) is 5.75 Å². The number of carbonyl (C=O) groups is 1. The molecule has 0 aliphatic rings. The molecule has 0 atom stereocenters. The summed E-state index contributed by atoms with van der Waals surface area (Å²) in [5.74, 6) is 1.53. The van der Waals surface area contributed by atoms with E-state index in [1.165, 1.54) is 0 Å². The van der Waals surface area contributed by atoms with Gasteiger partial charge in [0.25, 0.3) is 5.91 Å². The van der Waals surface area contributed by atoms with Gasteiger partial charge in [-0.2, -0.15) is 4.98 Å². The molecule has 1 heterocycles. The molecule has 26 heavy (non-hydrogen) atoms. The van der Waals surface area contributed by atoms with Gasteiger partial charge >= 0.3 is 0 Å². The summed E-state index contributed by atoms with van der Waals surface area (Å²) in [5, 5.41) is 4.00. The molecule has 134 valence electrons. The Bertz CT molecular complexity index is 887. The van der Waals surface area contributed by atoms with Crippen LogP contribution in [0.5, 0.6) is 5.75 Å². The second-order valence-electron chi connectivity index (χ2n) is 6.00. The number of carbonyl (C=O) groups excluding carboxylic acids is 1. The van der Waals surface area contributed by atoms with Gasteiger partial charge in [0.05, 0.1) is 13.2 Å². The maximum Gasteiger partial charge on any atom is 0.254 e. The predicted octanol–water partition coefficient (Wildman–Crippen LogP) is 3.72. The van der Waals surface area contributed by atoms with Crippen molar-refractivity contribution in [2.45, 2.75) is 20.4 Å². The van der Waals surface area contributed by atoms with E-state index >= 15 is 0 Å². The van der Waals surface area contributed by atoms with Crippen molar-refractivity contribution < 1.29 is 14.1 Å². The molecular weight excluding hydrogens is 330 g/mol. The van der Waals surface area contributed by atoms with E-state index in [1.54, 1.807) is 36.2 Å². The normalized spacial score (nSPS) is 10.6. The molecule has 0 radical (unpaired) electrons. The number of aryl methyl sites for hydroxylation is 1. The first-order chi connectivity index (χ1) is 12.6. The summed E-state index contributed by atoms with van der Waals surface area (Å²) in [6.45, 7) is 4.76. The van der Waals surface area contributed by atoms with Crippen molar-refractivity contribution in [1.82, 2.24) is 15.0 Å². The molecule has 3 aromatic rings. The number of amides is 1. The first-order valence-electron chi connectivity index (χ1n) is 8.44. The van der Waals surface area contributed by atoms with Gasteiger partial charge in [-0.15, -0.1) is 0 Å². The van der Waals surface area contributed by atoms with E-state index in [9.17, 15) is 4.79 Å². The van der Waals surface area contributed by atoms with Crippen molar-refractivity contribution in [3.05, 3.63) is 65.5 Å². The van der Waals surface area contributed by atoms with Gasteiger partial charge in [-0.25, -0.2) is 0 Å². The minimum Gasteiger partial charge on any atom is -0.494 e. The van der Waals surface area contributed by atoms with Crippen LogP contribution in [0.1, 0.15) is 28.7 Å². The van der Waals surface area contributed by atoms with Crippen molar-refractivity contribution >= 4 is 5.91 Å². The quantitative estimate of drug-likeness (QED) is 0.677. The monoisotopic (exact) mass is 351 g/mol. The van der Waals surface area contributed by atoms with Crippen LogP contribution in [0.15, 0.2) is 53.1 Å².